The Morgan fingerprint density at radius 3 is 2.55 bits per heavy atom. The average Bonchev–Trinajstić information content (AvgIpc) is 3.45. The lowest BCUT2D eigenvalue weighted by Crippen LogP contribution is -2.40. The second kappa shape index (κ2) is 6.84. The smallest absolute Gasteiger partial charge is 0.320 e. The van der Waals surface area contributed by atoms with Crippen LogP contribution in [-0.2, 0) is 13.1 Å². The normalized spacial score (nSPS) is 13.8. The van der Waals surface area contributed by atoms with E-state index >= 15 is 0 Å². The SMILES string of the molecule is O=c1c2c(ncn2Cc2cccc(F)c2)n(-c2ccccc2)c(=O)n1CC1CC1. The predicted molar refractivity (Wildman–Crippen MR) is 108 cm³/mol. The molecule has 1 saturated carbocycles. The summed E-state index contributed by atoms with van der Waals surface area (Å²) < 4.78 is 18.1. The maximum Gasteiger partial charge on any atom is 0.337 e. The second-order valence-electron chi connectivity index (χ2n) is 7.49. The molecule has 2 aromatic heterocycles. The molecule has 0 bridgehead atoms. The molecule has 2 aromatic carbocycles. The Morgan fingerprint density at radius 1 is 1.03 bits per heavy atom. The first-order valence-corrected chi connectivity index (χ1v) is 9.62. The molecular weight excluding hydrogens is 371 g/mol. The molecular formula is C22H19FN4O2. The highest BCUT2D eigenvalue weighted by Gasteiger charge is 2.26. The van der Waals surface area contributed by atoms with Crippen molar-refractivity contribution in [2.45, 2.75) is 25.9 Å². The van der Waals surface area contributed by atoms with Crippen molar-refractivity contribution in [2.24, 2.45) is 5.92 Å². The van der Waals surface area contributed by atoms with Gasteiger partial charge in [0.2, 0.25) is 0 Å². The number of aromatic nitrogens is 4. The van der Waals surface area contributed by atoms with Crippen LogP contribution in [0.2, 0.25) is 0 Å². The number of hydrogen-bond acceptors (Lipinski definition) is 3. The summed E-state index contributed by atoms with van der Waals surface area (Å²) in [5.41, 5.74) is 1.31. The van der Waals surface area contributed by atoms with Gasteiger partial charge in [-0.05, 0) is 48.6 Å². The summed E-state index contributed by atoms with van der Waals surface area (Å²) in [6, 6.07) is 15.4. The topological polar surface area (TPSA) is 61.8 Å². The maximum atomic E-state index is 13.6. The lowest BCUT2D eigenvalue weighted by molar-refractivity contribution is 0.567. The Morgan fingerprint density at radius 2 is 1.83 bits per heavy atom. The number of benzene rings is 2. The van der Waals surface area contributed by atoms with Gasteiger partial charge in [0, 0.05) is 13.1 Å². The van der Waals surface area contributed by atoms with E-state index in [0.717, 1.165) is 18.4 Å². The van der Waals surface area contributed by atoms with Gasteiger partial charge in [-0.25, -0.2) is 18.7 Å². The van der Waals surface area contributed by atoms with Crippen molar-refractivity contribution in [3.05, 3.63) is 93.1 Å². The highest BCUT2D eigenvalue weighted by Crippen LogP contribution is 2.30. The van der Waals surface area contributed by atoms with E-state index in [1.807, 2.05) is 30.3 Å². The summed E-state index contributed by atoms with van der Waals surface area (Å²) in [6.07, 6.45) is 3.59. The summed E-state index contributed by atoms with van der Waals surface area (Å²) in [4.78, 5) is 30.8. The van der Waals surface area contributed by atoms with Crippen LogP contribution in [-0.4, -0.2) is 18.7 Å². The molecule has 0 aliphatic heterocycles. The number of nitrogens with zero attached hydrogens (tertiary/aromatic N) is 4. The second-order valence-corrected chi connectivity index (χ2v) is 7.49. The lowest BCUT2D eigenvalue weighted by Gasteiger charge is -2.12. The third-order valence-electron chi connectivity index (χ3n) is 5.29. The first-order valence-electron chi connectivity index (χ1n) is 9.62. The Balaban J connectivity index is 1.75. The van der Waals surface area contributed by atoms with E-state index in [1.165, 1.54) is 27.6 Å². The van der Waals surface area contributed by atoms with Crippen molar-refractivity contribution >= 4 is 11.2 Å². The third-order valence-corrected chi connectivity index (χ3v) is 5.29. The van der Waals surface area contributed by atoms with Crippen molar-refractivity contribution in [3.8, 4) is 5.69 Å². The summed E-state index contributed by atoms with van der Waals surface area (Å²) >= 11 is 0. The van der Waals surface area contributed by atoms with Crippen molar-refractivity contribution in [1.82, 2.24) is 18.7 Å². The molecule has 0 unspecified atom stereocenters. The molecule has 1 fully saturated rings. The van der Waals surface area contributed by atoms with Gasteiger partial charge < -0.3 is 4.57 Å². The van der Waals surface area contributed by atoms with Crippen LogP contribution >= 0.6 is 0 Å². The average molecular weight is 390 g/mol. The fraction of sp³-hybridized carbons (Fsp3) is 0.227. The fourth-order valence-electron chi connectivity index (χ4n) is 3.66. The largest absolute Gasteiger partial charge is 0.337 e. The predicted octanol–water partition coefficient (Wildman–Crippen LogP) is 2.95. The van der Waals surface area contributed by atoms with E-state index in [0.29, 0.717) is 35.9 Å². The number of imidazole rings is 1. The van der Waals surface area contributed by atoms with Crippen molar-refractivity contribution in [3.63, 3.8) is 0 Å². The Labute approximate surface area is 165 Å². The summed E-state index contributed by atoms with van der Waals surface area (Å²) in [6.45, 7) is 0.700. The number of para-hydroxylation sites is 1. The zero-order valence-corrected chi connectivity index (χ0v) is 15.7. The first kappa shape index (κ1) is 17.6. The molecule has 0 saturated heterocycles. The van der Waals surface area contributed by atoms with Crippen LogP contribution in [0.4, 0.5) is 4.39 Å². The minimum atomic E-state index is -0.378. The van der Waals surface area contributed by atoms with Gasteiger partial charge >= 0.3 is 5.69 Å². The minimum Gasteiger partial charge on any atom is -0.320 e. The Hall–Kier alpha value is -3.48. The van der Waals surface area contributed by atoms with Crippen LogP contribution in [0.15, 0.2) is 70.5 Å². The first-order chi connectivity index (χ1) is 14.1. The standard InChI is InChI=1S/C22H19FN4O2/c23-17-6-4-5-16(11-17)12-25-14-24-20-19(25)21(28)26(13-15-9-10-15)22(29)27(20)18-7-2-1-3-8-18/h1-8,11,14-15H,9-10,12-13H2. The quantitative estimate of drug-likeness (QED) is 0.526. The number of fused-ring (bicyclic) bond motifs is 1. The van der Waals surface area contributed by atoms with Gasteiger partial charge in [0.15, 0.2) is 11.2 Å². The number of rotatable bonds is 5. The van der Waals surface area contributed by atoms with Crippen molar-refractivity contribution < 1.29 is 4.39 Å². The molecule has 6 nitrogen and oxygen atoms in total. The molecule has 1 aliphatic rings. The van der Waals surface area contributed by atoms with E-state index in [4.69, 9.17) is 0 Å². The van der Waals surface area contributed by atoms with E-state index in [9.17, 15) is 14.0 Å². The Kier molecular flexibility index (Phi) is 4.16. The number of hydrogen-bond donors (Lipinski definition) is 0. The molecule has 4 aromatic rings. The fourth-order valence-corrected chi connectivity index (χ4v) is 3.66. The van der Waals surface area contributed by atoms with Gasteiger partial charge in [-0.1, -0.05) is 30.3 Å². The van der Waals surface area contributed by atoms with E-state index in [-0.39, 0.29) is 17.1 Å². The van der Waals surface area contributed by atoms with Crippen LogP contribution in [0.5, 0.6) is 0 Å². The van der Waals surface area contributed by atoms with Crippen molar-refractivity contribution in [1.29, 1.82) is 0 Å². The van der Waals surface area contributed by atoms with Crippen LogP contribution in [0.25, 0.3) is 16.9 Å². The molecule has 0 amide bonds. The summed E-state index contributed by atoms with van der Waals surface area (Å²) in [5.74, 6) is 0.0286. The van der Waals surface area contributed by atoms with Crippen LogP contribution in [0, 0.1) is 11.7 Å². The molecule has 1 aliphatic carbocycles. The van der Waals surface area contributed by atoms with E-state index in [1.54, 1.807) is 16.7 Å². The minimum absolute atomic E-state index is 0.292. The zero-order valence-electron chi connectivity index (χ0n) is 15.7. The zero-order chi connectivity index (χ0) is 20.0. The summed E-state index contributed by atoms with van der Waals surface area (Å²) in [5, 5.41) is 0. The highest BCUT2D eigenvalue weighted by atomic mass is 19.1. The maximum absolute atomic E-state index is 13.6. The molecule has 7 heteroatoms. The molecule has 0 atom stereocenters. The van der Waals surface area contributed by atoms with Crippen molar-refractivity contribution in [2.75, 3.05) is 0 Å². The molecule has 5 rings (SSSR count). The van der Waals surface area contributed by atoms with Gasteiger partial charge in [0.25, 0.3) is 5.56 Å². The third kappa shape index (κ3) is 3.18. The molecule has 2 heterocycles. The summed E-state index contributed by atoms with van der Waals surface area (Å²) in [7, 11) is 0. The molecule has 0 N–H and O–H groups in total. The monoisotopic (exact) mass is 390 g/mol. The van der Waals surface area contributed by atoms with Gasteiger partial charge in [-0.15, -0.1) is 0 Å². The number of halogens is 1. The van der Waals surface area contributed by atoms with E-state index in [2.05, 4.69) is 4.98 Å². The van der Waals surface area contributed by atoms with Gasteiger partial charge in [0.1, 0.15) is 5.82 Å². The molecule has 0 radical (unpaired) electrons. The van der Waals surface area contributed by atoms with Crippen LogP contribution in [0.3, 0.4) is 0 Å². The molecule has 29 heavy (non-hydrogen) atoms. The van der Waals surface area contributed by atoms with Gasteiger partial charge in [-0.3, -0.25) is 9.36 Å². The molecule has 0 spiro atoms. The lowest BCUT2D eigenvalue weighted by atomic mass is 10.2. The van der Waals surface area contributed by atoms with Gasteiger partial charge in [0.05, 0.1) is 12.0 Å². The Bertz CT molecular complexity index is 1320. The van der Waals surface area contributed by atoms with E-state index < -0.39 is 0 Å². The van der Waals surface area contributed by atoms with Crippen LogP contribution in [0.1, 0.15) is 18.4 Å². The molecule has 146 valence electrons. The van der Waals surface area contributed by atoms with Gasteiger partial charge in [-0.2, -0.15) is 0 Å². The highest BCUT2D eigenvalue weighted by molar-refractivity contribution is 5.72. The van der Waals surface area contributed by atoms with Crippen LogP contribution < -0.4 is 11.2 Å².